The molecule has 0 aliphatic rings. The molecule has 0 fully saturated rings. The molecule has 44 valence electrons. The molecule has 2 heteroatoms. The van der Waals surface area contributed by atoms with E-state index >= 15 is 0 Å². The molecule has 7 heavy (non-hydrogen) atoms. The van der Waals surface area contributed by atoms with Crippen molar-refractivity contribution in [3.05, 3.63) is 0 Å². The van der Waals surface area contributed by atoms with Gasteiger partial charge in [0.05, 0.1) is 0 Å². The van der Waals surface area contributed by atoms with Crippen LogP contribution < -0.4 is 0 Å². The van der Waals surface area contributed by atoms with E-state index in [1.807, 2.05) is 0 Å². The summed E-state index contributed by atoms with van der Waals surface area (Å²) in [7, 11) is 1.79. The van der Waals surface area contributed by atoms with Crippen LogP contribution in [-0.4, -0.2) is 26.6 Å². The summed E-state index contributed by atoms with van der Waals surface area (Å²) in [5.74, 6) is 0. The summed E-state index contributed by atoms with van der Waals surface area (Å²) in [4.78, 5) is 0. The molecule has 0 saturated carbocycles. The minimum absolute atomic E-state index is 0.651. The standard InChI is InChI=1S/C5H16BP/c1-4-7(3,6)5-2/h7H,4-6H2,1-3H3. The Morgan fingerprint density at radius 3 is 1.57 bits per heavy atom. The van der Waals surface area contributed by atoms with Gasteiger partial charge in [-0.1, -0.05) is 0 Å². The Morgan fingerprint density at radius 2 is 1.57 bits per heavy atom. The van der Waals surface area contributed by atoms with Crippen LogP contribution in [0, 0.1) is 0 Å². The predicted octanol–water partition coefficient (Wildman–Crippen LogP) is 0.954. The van der Waals surface area contributed by atoms with Gasteiger partial charge >= 0.3 is 47.5 Å². The van der Waals surface area contributed by atoms with Crippen molar-refractivity contribution in [3.63, 3.8) is 0 Å². The van der Waals surface area contributed by atoms with Crippen molar-refractivity contribution >= 4 is 14.7 Å². The van der Waals surface area contributed by atoms with Gasteiger partial charge in [0.2, 0.25) is 0 Å². The zero-order valence-electron chi connectivity index (χ0n) is 5.91. The summed E-state index contributed by atoms with van der Waals surface area (Å²) < 4.78 is 0. The molecule has 0 radical (unpaired) electrons. The third-order valence-corrected chi connectivity index (χ3v) is 5.74. The molecule has 0 aromatic heterocycles. The van der Waals surface area contributed by atoms with Crippen molar-refractivity contribution in [1.82, 2.24) is 0 Å². The number of hydrogen-bond donors (Lipinski definition) is 0. The molecule has 0 saturated heterocycles. The van der Waals surface area contributed by atoms with E-state index in [4.69, 9.17) is 0 Å². The van der Waals surface area contributed by atoms with Gasteiger partial charge in [-0.2, -0.15) is 0 Å². The Bertz CT molecular complexity index is 46.0. The predicted molar refractivity (Wildman–Crippen MR) is 43.9 cm³/mol. The van der Waals surface area contributed by atoms with Crippen LogP contribution in [0.2, 0.25) is 0 Å². The van der Waals surface area contributed by atoms with E-state index in [0.717, 1.165) is 0 Å². The molecule has 0 heterocycles. The molecule has 0 rings (SSSR count). The van der Waals surface area contributed by atoms with Crippen LogP contribution in [0.15, 0.2) is 0 Å². The van der Waals surface area contributed by atoms with E-state index in [2.05, 4.69) is 28.1 Å². The molecule has 0 aromatic carbocycles. The van der Waals surface area contributed by atoms with Gasteiger partial charge in [-0.05, 0) is 0 Å². The Kier molecular flexibility index (Phi) is 2.91. The van der Waals surface area contributed by atoms with Crippen LogP contribution in [0.5, 0.6) is 0 Å². The SMILES string of the molecule is B[PH](C)(CC)CC. The summed E-state index contributed by atoms with van der Waals surface area (Å²) in [5.41, 5.74) is 0. The summed E-state index contributed by atoms with van der Waals surface area (Å²) in [6, 6.07) is 0. The van der Waals surface area contributed by atoms with E-state index < -0.39 is 7.14 Å². The van der Waals surface area contributed by atoms with Crippen molar-refractivity contribution in [1.29, 1.82) is 0 Å². The maximum atomic E-state index is 2.44. The molecule has 0 amide bonds. The molecule has 0 aliphatic heterocycles. The second kappa shape index (κ2) is 2.72. The van der Waals surface area contributed by atoms with Crippen molar-refractivity contribution in [2.24, 2.45) is 0 Å². The first-order chi connectivity index (χ1) is 3.12. The average Bonchev–Trinajstić information content (AvgIpc) is 1.68. The monoisotopic (exact) mass is 118 g/mol. The van der Waals surface area contributed by atoms with Gasteiger partial charge in [-0.15, -0.1) is 0 Å². The molecule has 0 unspecified atom stereocenters. The Labute approximate surface area is 48.4 Å². The van der Waals surface area contributed by atoms with Gasteiger partial charge in [0, 0.05) is 0 Å². The van der Waals surface area contributed by atoms with Crippen LogP contribution in [-0.2, 0) is 0 Å². The van der Waals surface area contributed by atoms with Crippen molar-refractivity contribution < 1.29 is 0 Å². The van der Waals surface area contributed by atoms with Crippen LogP contribution in [0.3, 0.4) is 0 Å². The summed E-state index contributed by atoms with van der Waals surface area (Å²) in [5, 5.41) is 0. The second-order valence-corrected chi connectivity index (χ2v) is 8.61. The first kappa shape index (κ1) is 7.49. The molecule has 0 aromatic rings. The van der Waals surface area contributed by atoms with Gasteiger partial charge in [-0.3, -0.25) is 0 Å². The van der Waals surface area contributed by atoms with E-state index in [9.17, 15) is 0 Å². The topological polar surface area (TPSA) is 0 Å². The van der Waals surface area contributed by atoms with E-state index in [1.54, 1.807) is 0 Å². The molecular formula is C5H16BP. The average molecular weight is 118 g/mol. The molecule has 0 N–H and O–H groups in total. The Hall–Kier alpha value is 0.495. The van der Waals surface area contributed by atoms with Gasteiger partial charge in [0.1, 0.15) is 0 Å². The first-order valence-corrected chi connectivity index (χ1v) is 6.54. The van der Waals surface area contributed by atoms with Crippen LogP contribution in [0.25, 0.3) is 0 Å². The molecule has 0 bridgehead atoms. The molecule has 0 atom stereocenters. The summed E-state index contributed by atoms with van der Waals surface area (Å²) in [6.07, 6.45) is 2.87. The van der Waals surface area contributed by atoms with Gasteiger partial charge < -0.3 is 0 Å². The second-order valence-electron chi connectivity index (χ2n) is 2.87. The number of hydrogen-bond acceptors (Lipinski definition) is 0. The number of rotatable bonds is 2. The van der Waals surface area contributed by atoms with Crippen LogP contribution in [0.4, 0.5) is 0 Å². The maximum absolute atomic E-state index is 2.44. The van der Waals surface area contributed by atoms with E-state index in [-0.39, 0.29) is 0 Å². The normalized spacial score (nSPS) is 14.1. The van der Waals surface area contributed by atoms with Gasteiger partial charge in [-0.25, -0.2) is 0 Å². The van der Waals surface area contributed by atoms with Crippen molar-refractivity contribution in [2.75, 3.05) is 19.0 Å². The third-order valence-electron chi connectivity index (χ3n) is 1.91. The van der Waals surface area contributed by atoms with Crippen LogP contribution in [0.1, 0.15) is 13.8 Å². The van der Waals surface area contributed by atoms with E-state index in [0.29, 0.717) is 0 Å². The minimum atomic E-state index is -0.651. The third kappa shape index (κ3) is 3.11. The van der Waals surface area contributed by atoms with Gasteiger partial charge in [0.25, 0.3) is 0 Å². The zero-order valence-corrected chi connectivity index (χ0v) is 6.91. The summed E-state index contributed by atoms with van der Waals surface area (Å²) >= 11 is 0. The zero-order chi connectivity index (χ0) is 5.91. The molecule has 0 aliphatic carbocycles. The fourth-order valence-corrected chi connectivity index (χ4v) is 0.750. The quantitative estimate of drug-likeness (QED) is 0.374. The summed E-state index contributed by atoms with van der Waals surface area (Å²) in [6.45, 7) is 7.04. The fraction of sp³-hybridized carbons (Fsp3) is 1.00. The Morgan fingerprint density at radius 1 is 1.29 bits per heavy atom. The Balaban J connectivity index is 3.36. The van der Waals surface area contributed by atoms with Crippen molar-refractivity contribution in [2.45, 2.75) is 13.8 Å². The fourth-order valence-electron chi connectivity index (χ4n) is 0.250. The van der Waals surface area contributed by atoms with Crippen molar-refractivity contribution in [3.8, 4) is 0 Å². The van der Waals surface area contributed by atoms with E-state index in [1.165, 1.54) is 12.3 Å². The molecule has 0 spiro atoms. The first-order valence-electron chi connectivity index (χ1n) is 3.12. The van der Waals surface area contributed by atoms with Gasteiger partial charge in [0.15, 0.2) is 0 Å². The molecular weight excluding hydrogens is 102 g/mol. The molecule has 0 nitrogen and oxygen atoms in total. The van der Waals surface area contributed by atoms with Crippen LogP contribution >= 0.6 is 7.14 Å².